The molecule has 0 aliphatic carbocycles. The third kappa shape index (κ3) is 3.91. The molecule has 2 unspecified atom stereocenters. The number of benzene rings is 1. The molecular formula is C15H19BrN2O. The molecule has 0 saturated carbocycles. The summed E-state index contributed by atoms with van der Waals surface area (Å²) in [6.45, 7) is 5.74. The van der Waals surface area contributed by atoms with Crippen LogP contribution in [0.1, 0.15) is 19.4 Å². The summed E-state index contributed by atoms with van der Waals surface area (Å²) in [5.74, 6) is 0.0796. The van der Waals surface area contributed by atoms with Crippen LogP contribution in [0.15, 0.2) is 34.8 Å². The largest absolute Gasteiger partial charge is 0.336 e. The summed E-state index contributed by atoms with van der Waals surface area (Å²) in [5, 5.41) is 3.42. The molecule has 0 spiro atoms. The number of amides is 1. The zero-order valence-corrected chi connectivity index (χ0v) is 12.9. The van der Waals surface area contributed by atoms with Gasteiger partial charge in [-0.2, -0.15) is 0 Å². The highest BCUT2D eigenvalue weighted by molar-refractivity contribution is 9.10. The fourth-order valence-corrected chi connectivity index (χ4v) is 2.80. The van der Waals surface area contributed by atoms with Crippen molar-refractivity contribution < 1.29 is 4.79 Å². The van der Waals surface area contributed by atoms with E-state index in [2.05, 4.69) is 35.1 Å². The van der Waals surface area contributed by atoms with Gasteiger partial charge in [0.15, 0.2) is 0 Å². The van der Waals surface area contributed by atoms with Crippen LogP contribution in [-0.2, 0) is 4.79 Å². The van der Waals surface area contributed by atoms with Crippen LogP contribution in [0.25, 0.3) is 6.08 Å². The fourth-order valence-electron chi connectivity index (χ4n) is 2.38. The molecule has 1 saturated heterocycles. The minimum atomic E-state index is 0.0796. The maximum atomic E-state index is 12.2. The molecule has 1 aromatic rings. The van der Waals surface area contributed by atoms with Gasteiger partial charge in [-0.15, -0.1) is 0 Å². The molecule has 1 fully saturated rings. The van der Waals surface area contributed by atoms with E-state index >= 15 is 0 Å². The molecule has 4 heteroatoms. The number of carbonyl (C=O) groups is 1. The first-order valence-electron chi connectivity index (χ1n) is 6.54. The van der Waals surface area contributed by atoms with E-state index in [9.17, 15) is 4.79 Å². The molecule has 1 amide bonds. The lowest BCUT2D eigenvalue weighted by Gasteiger charge is -2.35. The fraction of sp³-hybridized carbons (Fsp3) is 0.400. The smallest absolute Gasteiger partial charge is 0.246 e. The number of hydrogen-bond donors (Lipinski definition) is 1. The van der Waals surface area contributed by atoms with Gasteiger partial charge in [-0.1, -0.05) is 34.1 Å². The molecule has 3 nitrogen and oxygen atoms in total. The zero-order chi connectivity index (χ0) is 13.8. The molecule has 1 heterocycles. The molecule has 1 aromatic carbocycles. The predicted molar refractivity (Wildman–Crippen MR) is 81.8 cm³/mol. The van der Waals surface area contributed by atoms with Gasteiger partial charge in [0.2, 0.25) is 5.91 Å². The minimum Gasteiger partial charge on any atom is -0.336 e. The van der Waals surface area contributed by atoms with Crippen molar-refractivity contribution in [2.24, 2.45) is 0 Å². The van der Waals surface area contributed by atoms with E-state index in [1.807, 2.05) is 35.2 Å². The van der Waals surface area contributed by atoms with Gasteiger partial charge >= 0.3 is 0 Å². The average molecular weight is 323 g/mol. The van der Waals surface area contributed by atoms with Crippen LogP contribution in [0.2, 0.25) is 0 Å². The number of nitrogens with one attached hydrogen (secondary N) is 1. The van der Waals surface area contributed by atoms with Crippen molar-refractivity contribution in [1.29, 1.82) is 0 Å². The number of piperazine rings is 1. The van der Waals surface area contributed by atoms with E-state index in [1.54, 1.807) is 6.08 Å². The Morgan fingerprint density at radius 3 is 2.58 bits per heavy atom. The Morgan fingerprint density at radius 2 is 1.95 bits per heavy atom. The molecule has 1 aliphatic rings. The molecule has 0 bridgehead atoms. The molecule has 1 N–H and O–H groups in total. The lowest BCUT2D eigenvalue weighted by atomic mass is 10.1. The van der Waals surface area contributed by atoms with Crippen molar-refractivity contribution in [3.63, 3.8) is 0 Å². The van der Waals surface area contributed by atoms with E-state index in [0.29, 0.717) is 12.1 Å². The van der Waals surface area contributed by atoms with Gasteiger partial charge in [-0.3, -0.25) is 4.79 Å². The number of nitrogens with zero attached hydrogens (tertiary/aromatic N) is 1. The second-order valence-electron chi connectivity index (χ2n) is 5.07. The topological polar surface area (TPSA) is 32.3 Å². The molecule has 19 heavy (non-hydrogen) atoms. The first-order chi connectivity index (χ1) is 9.06. The van der Waals surface area contributed by atoms with E-state index in [1.165, 1.54) is 0 Å². The second kappa shape index (κ2) is 6.35. The van der Waals surface area contributed by atoms with E-state index in [0.717, 1.165) is 23.1 Å². The van der Waals surface area contributed by atoms with E-state index in [-0.39, 0.29) is 5.91 Å². The van der Waals surface area contributed by atoms with Crippen molar-refractivity contribution in [2.75, 3.05) is 13.1 Å². The average Bonchev–Trinajstić information content (AvgIpc) is 2.36. The third-order valence-electron chi connectivity index (χ3n) is 3.18. The third-order valence-corrected chi connectivity index (χ3v) is 3.90. The number of hydrogen-bond acceptors (Lipinski definition) is 2. The van der Waals surface area contributed by atoms with Crippen LogP contribution in [0.4, 0.5) is 0 Å². The van der Waals surface area contributed by atoms with Crippen molar-refractivity contribution >= 4 is 27.9 Å². The highest BCUT2D eigenvalue weighted by atomic mass is 79.9. The summed E-state index contributed by atoms with van der Waals surface area (Å²) in [7, 11) is 0. The van der Waals surface area contributed by atoms with Crippen molar-refractivity contribution in [3.8, 4) is 0 Å². The van der Waals surface area contributed by atoms with Gasteiger partial charge in [0.1, 0.15) is 0 Å². The minimum absolute atomic E-state index is 0.0796. The first kappa shape index (κ1) is 14.3. The van der Waals surface area contributed by atoms with E-state index in [4.69, 9.17) is 0 Å². The van der Waals surface area contributed by atoms with Crippen LogP contribution in [0.5, 0.6) is 0 Å². The maximum absolute atomic E-state index is 12.2. The normalized spacial score (nSPS) is 23.8. The Balaban J connectivity index is 2.03. The standard InChI is InChI=1S/C15H19BrN2O/c1-11-9-18(10-12(2)17-11)15(19)8-7-13-5-3-4-6-14(13)16/h3-8,11-12,17H,9-10H2,1-2H3/b8-7+. The van der Waals surface area contributed by atoms with Gasteiger partial charge in [0.05, 0.1) is 0 Å². The van der Waals surface area contributed by atoms with Crippen LogP contribution in [0, 0.1) is 0 Å². The number of carbonyl (C=O) groups excluding carboxylic acids is 1. The number of halogens is 1. The van der Waals surface area contributed by atoms with Crippen LogP contribution in [-0.4, -0.2) is 36.0 Å². The predicted octanol–water partition coefficient (Wildman–Crippen LogP) is 2.67. The van der Waals surface area contributed by atoms with Gasteiger partial charge in [0.25, 0.3) is 0 Å². The Morgan fingerprint density at radius 1 is 1.32 bits per heavy atom. The van der Waals surface area contributed by atoms with Crippen molar-refractivity contribution in [1.82, 2.24) is 10.2 Å². The van der Waals surface area contributed by atoms with Crippen LogP contribution in [0.3, 0.4) is 0 Å². The first-order valence-corrected chi connectivity index (χ1v) is 7.33. The van der Waals surface area contributed by atoms with Gasteiger partial charge in [-0.05, 0) is 31.6 Å². The molecule has 0 aromatic heterocycles. The Bertz CT molecular complexity index is 477. The summed E-state index contributed by atoms with van der Waals surface area (Å²) in [6, 6.07) is 8.58. The lowest BCUT2D eigenvalue weighted by Crippen LogP contribution is -2.55. The molecular weight excluding hydrogens is 304 g/mol. The second-order valence-corrected chi connectivity index (χ2v) is 5.92. The van der Waals surface area contributed by atoms with Gasteiger partial charge < -0.3 is 10.2 Å². The van der Waals surface area contributed by atoms with E-state index < -0.39 is 0 Å². The monoisotopic (exact) mass is 322 g/mol. The summed E-state index contributed by atoms with van der Waals surface area (Å²) in [6.07, 6.45) is 3.52. The molecule has 2 atom stereocenters. The summed E-state index contributed by atoms with van der Waals surface area (Å²) < 4.78 is 1.00. The summed E-state index contributed by atoms with van der Waals surface area (Å²) in [4.78, 5) is 14.1. The molecule has 0 radical (unpaired) electrons. The van der Waals surface area contributed by atoms with Crippen molar-refractivity contribution in [3.05, 3.63) is 40.4 Å². The van der Waals surface area contributed by atoms with Gasteiger partial charge in [0, 0.05) is 35.7 Å². The zero-order valence-electron chi connectivity index (χ0n) is 11.3. The van der Waals surface area contributed by atoms with Crippen LogP contribution < -0.4 is 5.32 Å². The summed E-state index contributed by atoms with van der Waals surface area (Å²) in [5.41, 5.74) is 1.02. The molecule has 102 valence electrons. The number of rotatable bonds is 2. The Labute approximate surface area is 122 Å². The SMILES string of the molecule is CC1CN(C(=O)/C=C/c2ccccc2Br)CC(C)N1. The van der Waals surface area contributed by atoms with Crippen molar-refractivity contribution in [2.45, 2.75) is 25.9 Å². The highest BCUT2D eigenvalue weighted by Gasteiger charge is 2.23. The maximum Gasteiger partial charge on any atom is 0.246 e. The Hall–Kier alpha value is -1.13. The van der Waals surface area contributed by atoms with Crippen LogP contribution >= 0.6 is 15.9 Å². The quantitative estimate of drug-likeness (QED) is 0.849. The van der Waals surface area contributed by atoms with Gasteiger partial charge in [-0.25, -0.2) is 0 Å². The summed E-state index contributed by atoms with van der Waals surface area (Å²) >= 11 is 3.48. The Kier molecular flexibility index (Phi) is 4.77. The lowest BCUT2D eigenvalue weighted by molar-refractivity contribution is -0.127. The molecule has 1 aliphatic heterocycles. The highest BCUT2D eigenvalue weighted by Crippen LogP contribution is 2.17. The molecule has 2 rings (SSSR count).